The highest BCUT2D eigenvalue weighted by atomic mass is 15.2. The Morgan fingerprint density at radius 3 is 2.87 bits per heavy atom. The Morgan fingerprint density at radius 2 is 2.33 bits per heavy atom. The quantitative estimate of drug-likeness (QED) is 0.747. The van der Waals surface area contributed by atoms with Crippen molar-refractivity contribution in [1.82, 2.24) is 4.98 Å². The van der Waals surface area contributed by atoms with E-state index < -0.39 is 0 Å². The molecule has 1 aromatic heterocycles. The highest BCUT2D eigenvalue weighted by Crippen LogP contribution is 2.17. The lowest BCUT2D eigenvalue weighted by atomic mass is 10.2. The second kappa shape index (κ2) is 5.51. The zero-order valence-corrected chi connectivity index (χ0v) is 9.53. The van der Waals surface area contributed by atoms with Gasteiger partial charge in [-0.25, -0.2) is 4.98 Å². The number of nitrogens with zero attached hydrogens (tertiary/aromatic N) is 2. The van der Waals surface area contributed by atoms with E-state index in [1.165, 1.54) is 0 Å². The molecule has 0 unspecified atom stereocenters. The monoisotopic (exact) mass is 205 g/mol. The van der Waals surface area contributed by atoms with Crippen molar-refractivity contribution in [3.05, 3.63) is 36.0 Å². The fourth-order valence-electron chi connectivity index (χ4n) is 1.54. The molecule has 1 aromatic rings. The van der Waals surface area contributed by atoms with Gasteiger partial charge in [0.25, 0.3) is 0 Å². The summed E-state index contributed by atoms with van der Waals surface area (Å²) in [5.74, 6) is 0.977. The number of hydrogen-bond donors (Lipinski definition) is 1. The molecule has 0 radical (unpaired) electrons. The molecule has 0 saturated heterocycles. The summed E-state index contributed by atoms with van der Waals surface area (Å²) in [7, 11) is 0. The summed E-state index contributed by atoms with van der Waals surface area (Å²) in [4.78, 5) is 6.56. The highest BCUT2D eigenvalue weighted by Gasteiger charge is 2.09. The summed E-state index contributed by atoms with van der Waals surface area (Å²) in [6, 6.07) is 3.93. The Labute approximate surface area is 91.6 Å². The summed E-state index contributed by atoms with van der Waals surface area (Å²) in [5.41, 5.74) is 7.90. The number of hydrogen-bond acceptors (Lipinski definition) is 3. The summed E-state index contributed by atoms with van der Waals surface area (Å²) in [5, 5.41) is 0. The molecule has 1 heterocycles. The minimum absolute atomic E-state index is 0.524. The number of nitrogens with two attached hydrogens (primary N) is 1. The first-order valence-electron chi connectivity index (χ1n) is 5.22. The SMILES string of the molecule is C=C(C)CN(CC)c1ncccc1CN. The van der Waals surface area contributed by atoms with E-state index in [0.717, 1.165) is 30.0 Å². The lowest BCUT2D eigenvalue weighted by Crippen LogP contribution is -2.27. The minimum atomic E-state index is 0.524. The van der Waals surface area contributed by atoms with E-state index in [1.807, 2.05) is 19.1 Å². The van der Waals surface area contributed by atoms with Crippen molar-refractivity contribution in [2.45, 2.75) is 20.4 Å². The van der Waals surface area contributed by atoms with Gasteiger partial charge in [0.05, 0.1) is 0 Å². The maximum Gasteiger partial charge on any atom is 0.133 e. The van der Waals surface area contributed by atoms with E-state index in [0.29, 0.717) is 6.54 Å². The van der Waals surface area contributed by atoms with Crippen molar-refractivity contribution in [2.75, 3.05) is 18.0 Å². The molecule has 3 heteroatoms. The fraction of sp³-hybridized carbons (Fsp3) is 0.417. The van der Waals surface area contributed by atoms with E-state index in [9.17, 15) is 0 Å². The van der Waals surface area contributed by atoms with Gasteiger partial charge in [0.1, 0.15) is 5.82 Å². The summed E-state index contributed by atoms with van der Waals surface area (Å²) >= 11 is 0. The van der Waals surface area contributed by atoms with Crippen LogP contribution in [0.1, 0.15) is 19.4 Å². The molecule has 0 aliphatic rings. The van der Waals surface area contributed by atoms with Crippen molar-refractivity contribution >= 4 is 5.82 Å². The zero-order chi connectivity index (χ0) is 11.3. The Morgan fingerprint density at radius 1 is 1.60 bits per heavy atom. The van der Waals surface area contributed by atoms with Crippen molar-refractivity contribution in [3.8, 4) is 0 Å². The third kappa shape index (κ3) is 3.06. The van der Waals surface area contributed by atoms with Gasteiger partial charge in [-0.3, -0.25) is 0 Å². The van der Waals surface area contributed by atoms with Crippen LogP contribution in [0.5, 0.6) is 0 Å². The molecule has 0 aliphatic heterocycles. The first kappa shape index (κ1) is 11.7. The lowest BCUT2D eigenvalue weighted by molar-refractivity contribution is 0.843. The number of aromatic nitrogens is 1. The first-order valence-corrected chi connectivity index (χ1v) is 5.22. The number of anilines is 1. The number of likely N-dealkylation sites (N-methyl/N-ethyl adjacent to an activating group) is 1. The molecule has 3 nitrogen and oxygen atoms in total. The van der Waals surface area contributed by atoms with Gasteiger partial charge < -0.3 is 10.6 Å². The molecule has 0 amide bonds. The molecule has 82 valence electrons. The van der Waals surface area contributed by atoms with E-state index in [2.05, 4.69) is 23.4 Å². The smallest absolute Gasteiger partial charge is 0.133 e. The maximum atomic E-state index is 5.68. The normalized spacial score (nSPS) is 10.1. The first-order chi connectivity index (χ1) is 7.19. The molecular weight excluding hydrogens is 186 g/mol. The molecule has 0 aliphatic carbocycles. The third-order valence-electron chi connectivity index (χ3n) is 2.23. The van der Waals surface area contributed by atoms with Gasteiger partial charge in [-0.15, -0.1) is 0 Å². The van der Waals surface area contributed by atoms with E-state index in [-0.39, 0.29) is 0 Å². The van der Waals surface area contributed by atoms with Crippen LogP contribution >= 0.6 is 0 Å². The average molecular weight is 205 g/mol. The summed E-state index contributed by atoms with van der Waals surface area (Å²) < 4.78 is 0. The van der Waals surface area contributed by atoms with Gasteiger partial charge in [-0.2, -0.15) is 0 Å². The Bertz CT molecular complexity index is 333. The van der Waals surface area contributed by atoms with Crippen LogP contribution < -0.4 is 10.6 Å². The van der Waals surface area contributed by atoms with Crippen LogP contribution in [-0.2, 0) is 6.54 Å². The Hall–Kier alpha value is -1.35. The molecule has 0 fully saturated rings. The van der Waals surface area contributed by atoms with E-state index in [1.54, 1.807) is 6.20 Å². The zero-order valence-electron chi connectivity index (χ0n) is 9.53. The average Bonchev–Trinajstić information content (AvgIpc) is 2.25. The predicted octanol–water partition coefficient (Wildman–Crippen LogP) is 1.94. The van der Waals surface area contributed by atoms with Crippen molar-refractivity contribution in [2.24, 2.45) is 5.73 Å². The second-order valence-electron chi connectivity index (χ2n) is 3.66. The third-order valence-corrected chi connectivity index (χ3v) is 2.23. The molecule has 0 saturated carbocycles. The van der Waals surface area contributed by atoms with Crippen LogP contribution in [0.2, 0.25) is 0 Å². The molecule has 0 spiro atoms. The second-order valence-corrected chi connectivity index (χ2v) is 3.66. The molecule has 0 aromatic carbocycles. The standard InChI is InChI=1S/C12H19N3/c1-4-15(9-10(2)3)12-11(8-13)6-5-7-14-12/h5-7H,2,4,8-9,13H2,1,3H3. The number of rotatable bonds is 5. The van der Waals surface area contributed by atoms with Crippen LogP contribution in [0, 0.1) is 0 Å². The fourth-order valence-corrected chi connectivity index (χ4v) is 1.54. The van der Waals surface area contributed by atoms with Crippen molar-refractivity contribution in [1.29, 1.82) is 0 Å². The van der Waals surface area contributed by atoms with Gasteiger partial charge in [-0.05, 0) is 19.9 Å². The summed E-state index contributed by atoms with van der Waals surface area (Å²) in [6.45, 7) is 10.3. The highest BCUT2D eigenvalue weighted by molar-refractivity contribution is 5.47. The molecule has 0 atom stereocenters. The van der Waals surface area contributed by atoms with E-state index in [4.69, 9.17) is 5.73 Å². The molecule has 1 rings (SSSR count). The lowest BCUT2D eigenvalue weighted by Gasteiger charge is -2.24. The van der Waals surface area contributed by atoms with Gasteiger partial charge in [0.15, 0.2) is 0 Å². The Balaban J connectivity index is 2.95. The molecular formula is C12H19N3. The molecule has 15 heavy (non-hydrogen) atoms. The molecule has 2 N–H and O–H groups in total. The minimum Gasteiger partial charge on any atom is -0.353 e. The Kier molecular flexibility index (Phi) is 4.31. The topological polar surface area (TPSA) is 42.2 Å². The predicted molar refractivity (Wildman–Crippen MR) is 64.8 cm³/mol. The van der Waals surface area contributed by atoms with Gasteiger partial charge in [0, 0.05) is 31.4 Å². The van der Waals surface area contributed by atoms with Gasteiger partial charge in [0.2, 0.25) is 0 Å². The van der Waals surface area contributed by atoms with Gasteiger partial charge in [-0.1, -0.05) is 18.2 Å². The van der Waals surface area contributed by atoms with Crippen molar-refractivity contribution in [3.63, 3.8) is 0 Å². The van der Waals surface area contributed by atoms with Crippen LogP contribution in [0.3, 0.4) is 0 Å². The molecule has 0 bridgehead atoms. The van der Waals surface area contributed by atoms with Crippen LogP contribution in [0.15, 0.2) is 30.5 Å². The van der Waals surface area contributed by atoms with Gasteiger partial charge >= 0.3 is 0 Å². The van der Waals surface area contributed by atoms with Crippen molar-refractivity contribution < 1.29 is 0 Å². The van der Waals surface area contributed by atoms with E-state index >= 15 is 0 Å². The summed E-state index contributed by atoms with van der Waals surface area (Å²) in [6.07, 6.45) is 1.80. The largest absolute Gasteiger partial charge is 0.353 e. The van der Waals surface area contributed by atoms with Crippen LogP contribution in [-0.4, -0.2) is 18.1 Å². The number of pyridine rings is 1. The van der Waals surface area contributed by atoms with Crippen LogP contribution in [0.4, 0.5) is 5.82 Å². The van der Waals surface area contributed by atoms with Crippen LogP contribution in [0.25, 0.3) is 0 Å². The maximum absolute atomic E-state index is 5.68.